The molecule has 0 aliphatic heterocycles. The topological polar surface area (TPSA) is 42.0 Å². The fourth-order valence-electron chi connectivity index (χ4n) is 1.24. The standard InChI is InChI=1S/C11H9FN2OS/c1-7-6-8(2-3-9(7)12)10(15)14-11-13-4-5-16-11/h2-6H,1H3,(H,13,14,15). The van der Waals surface area contributed by atoms with Crippen molar-refractivity contribution in [2.24, 2.45) is 0 Å². The molecule has 82 valence electrons. The minimum atomic E-state index is -0.314. The van der Waals surface area contributed by atoms with Crippen molar-refractivity contribution < 1.29 is 9.18 Å². The molecule has 0 radical (unpaired) electrons. The van der Waals surface area contributed by atoms with Crippen LogP contribution in [0.1, 0.15) is 15.9 Å². The molecule has 0 atom stereocenters. The van der Waals surface area contributed by atoms with E-state index in [0.717, 1.165) is 0 Å². The number of hydrogen-bond donors (Lipinski definition) is 1. The van der Waals surface area contributed by atoms with Gasteiger partial charge in [-0.2, -0.15) is 0 Å². The van der Waals surface area contributed by atoms with Crippen molar-refractivity contribution in [3.05, 3.63) is 46.7 Å². The van der Waals surface area contributed by atoms with E-state index in [9.17, 15) is 9.18 Å². The van der Waals surface area contributed by atoms with Gasteiger partial charge in [0.05, 0.1) is 0 Å². The summed E-state index contributed by atoms with van der Waals surface area (Å²) in [6, 6.07) is 4.25. The Balaban J connectivity index is 2.18. The normalized spacial score (nSPS) is 10.1. The first kappa shape index (κ1) is 10.8. The molecule has 2 aromatic rings. The minimum absolute atomic E-state index is 0.280. The second kappa shape index (κ2) is 4.40. The van der Waals surface area contributed by atoms with Crippen LogP contribution < -0.4 is 5.32 Å². The molecule has 0 saturated heterocycles. The second-order valence-corrected chi connectivity index (χ2v) is 4.15. The van der Waals surface area contributed by atoms with Gasteiger partial charge in [-0.3, -0.25) is 10.1 Å². The number of carbonyl (C=O) groups is 1. The molecule has 2 rings (SSSR count). The number of benzene rings is 1. The van der Waals surface area contributed by atoms with Crippen LogP contribution in [0.3, 0.4) is 0 Å². The molecular weight excluding hydrogens is 227 g/mol. The summed E-state index contributed by atoms with van der Waals surface area (Å²) in [7, 11) is 0. The van der Waals surface area contributed by atoms with Gasteiger partial charge in [-0.05, 0) is 30.7 Å². The van der Waals surface area contributed by atoms with E-state index in [1.807, 2.05) is 0 Å². The van der Waals surface area contributed by atoms with Gasteiger partial charge >= 0.3 is 0 Å². The summed E-state index contributed by atoms with van der Waals surface area (Å²) >= 11 is 1.34. The summed E-state index contributed by atoms with van der Waals surface area (Å²) in [4.78, 5) is 15.6. The van der Waals surface area contributed by atoms with E-state index in [1.54, 1.807) is 18.5 Å². The van der Waals surface area contributed by atoms with Gasteiger partial charge in [-0.15, -0.1) is 11.3 Å². The van der Waals surface area contributed by atoms with E-state index >= 15 is 0 Å². The van der Waals surface area contributed by atoms with Crippen molar-refractivity contribution in [1.82, 2.24) is 4.98 Å². The molecule has 0 aliphatic rings. The molecule has 1 N–H and O–H groups in total. The van der Waals surface area contributed by atoms with Gasteiger partial charge in [0.15, 0.2) is 5.13 Å². The Labute approximate surface area is 96.0 Å². The third kappa shape index (κ3) is 2.25. The van der Waals surface area contributed by atoms with Crippen LogP contribution in [0.25, 0.3) is 0 Å². The first-order valence-corrected chi connectivity index (χ1v) is 5.52. The third-order valence-corrected chi connectivity index (χ3v) is 2.76. The highest BCUT2D eigenvalue weighted by atomic mass is 32.1. The smallest absolute Gasteiger partial charge is 0.257 e. The van der Waals surface area contributed by atoms with Gasteiger partial charge < -0.3 is 0 Å². The van der Waals surface area contributed by atoms with Crippen molar-refractivity contribution in [2.45, 2.75) is 6.92 Å². The van der Waals surface area contributed by atoms with E-state index in [4.69, 9.17) is 0 Å². The number of nitrogens with one attached hydrogen (secondary N) is 1. The van der Waals surface area contributed by atoms with E-state index in [0.29, 0.717) is 16.3 Å². The number of aromatic nitrogens is 1. The Hall–Kier alpha value is -1.75. The first-order valence-electron chi connectivity index (χ1n) is 4.64. The van der Waals surface area contributed by atoms with E-state index < -0.39 is 0 Å². The lowest BCUT2D eigenvalue weighted by Crippen LogP contribution is -2.11. The number of hydrogen-bond acceptors (Lipinski definition) is 3. The molecular formula is C11H9FN2OS. The Kier molecular flexibility index (Phi) is 2.96. The average Bonchev–Trinajstić information content (AvgIpc) is 2.74. The summed E-state index contributed by atoms with van der Waals surface area (Å²) in [5.41, 5.74) is 0.876. The molecule has 16 heavy (non-hydrogen) atoms. The number of amides is 1. The number of halogens is 1. The number of thiazole rings is 1. The van der Waals surface area contributed by atoms with E-state index in [-0.39, 0.29) is 11.7 Å². The van der Waals surface area contributed by atoms with Crippen LogP contribution in [0.4, 0.5) is 9.52 Å². The molecule has 3 nitrogen and oxygen atoms in total. The number of aryl methyl sites for hydroxylation is 1. The zero-order valence-corrected chi connectivity index (χ0v) is 9.34. The summed E-state index contributed by atoms with van der Waals surface area (Å²) in [5, 5.41) is 4.93. The molecule has 1 amide bonds. The molecule has 0 fully saturated rings. The highest BCUT2D eigenvalue weighted by molar-refractivity contribution is 7.13. The predicted molar refractivity (Wildman–Crippen MR) is 61.2 cm³/mol. The van der Waals surface area contributed by atoms with Crippen molar-refractivity contribution in [2.75, 3.05) is 5.32 Å². The van der Waals surface area contributed by atoms with Gasteiger partial charge in [-0.25, -0.2) is 9.37 Å². The van der Waals surface area contributed by atoms with Crippen molar-refractivity contribution in [3.8, 4) is 0 Å². The monoisotopic (exact) mass is 236 g/mol. The van der Waals surface area contributed by atoms with Crippen LogP contribution in [-0.4, -0.2) is 10.9 Å². The van der Waals surface area contributed by atoms with Crippen molar-refractivity contribution >= 4 is 22.4 Å². The summed E-state index contributed by atoms with van der Waals surface area (Å²) in [6.45, 7) is 1.62. The molecule has 0 aliphatic carbocycles. The fourth-order valence-corrected chi connectivity index (χ4v) is 1.76. The van der Waals surface area contributed by atoms with Gasteiger partial charge in [0.25, 0.3) is 5.91 Å². The maximum Gasteiger partial charge on any atom is 0.257 e. The van der Waals surface area contributed by atoms with Gasteiger partial charge in [0.1, 0.15) is 5.82 Å². The lowest BCUT2D eigenvalue weighted by atomic mass is 10.1. The maximum atomic E-state index is 13.0. The van der Waals surface area contributed by atoms with Gasteiger partial charge in [0, 0.05) is 17.1 Å². The predicted octanol–water partition coefficient (Wildman–Crippen LogP) is 2.84. The number of anilines is 1. The zero-order valence-electron chi connectivity index (χ0n) is 8.53. The largest absolute Gasteiger partial charge is 0.298 e. The van der Waals surface area contributed by atoms with Crippen LogP contribution in [0.2, 0.25) is 0 Å². The Morgan fingerprint density at radius 2 is 2.31 bits per heavy atom. The molecule has 0 bridgehead atoms. The van der Waals surface area contributed by atoms with Crippen LogP contribution in [0.5, 0.6) is 0 Å². The lowest BCUT2D eigenvalue weighted by Gasteiger charge is -2.03. The van der Waals surface area contributed by atoms with Crippen molar-refractivity contribution in [3.63, 3.8) is 0 Å². The van der Waals surface area contributed by atoms with Gasteiger partial charge in [-0.1, -0.05) is 0 Å². The van der Waals surface area contributed by atoms with Gasteiger partial charge in [0.2, 0.25) is 0 Å². The molecule has 1 aromatic carbocycles. The van der Waals surface area contributed by atoms with Crippen LogP contribution >= 0.6 is 11.3 Å². The number of rotatable bonds is 2. The molecule has 0 saturated carbocycles. The SMILES string of the molecule is Cc1cc(C(=O)Nc2nccs2)ccc1F. The second-order valence-electron chi connectivity index (χ2n) is 3.26. The summed E-state index contributed by atoms with van der Waals surface area (Å²) in [5.74, 6) is -0.594. The Morgan fingerprint density at radius 1 is 1.50 bits per heavy atom. The summed E-state index contributed by atoms with van der Waals surface area (Å²) < 4.78 is 13.0. The highest BCUT2D eigenvalue weighted by Gasteiger charge is 2.08. The molecule has 1 aromatic heterocycles. The number of nitrogens with zero attached hydrogens (tertiary/aromatic N) is 1. The van der Waals surface area contributed by atoms with Crippen LogP contribution in [0.15, 0.2) is 29.8 Å². The average molecular weight is 236 g/mol. The molecule has 1 heterocycles. The first-order chi connectivity index (χ1) is 7.66. The quantitative estimate of drug-likeness (QED) is 0.871. The van der Waals surface area contributed by atoms with E-state index in [1.165, 1.54) is 29.5 Å². The van der Waals surface area contributed by atoms with Crippen LogP contribution in [0, 0.1) is 12.7 Å². The Morgan fingerprint density at radius 3 is 2.94 bits per heavy atom. The third-order valence-electron chi connectivity index (χ3n) is 2.07. The van der Waals surface area contributed by atoms with Crippen LogP contribution in [-0.2, 0) is 0 Å². The summed E-state index contributed by atoms with van der Waals surface area (Å²) in [6.07, 6.45) is 1.61. The fraction of sp³-hybridized carbons (Fsp3) is 0.0909. The molecule has 5 heteroatoms. The number of carbonyl (C=O) groups excluding carboxylic acids is 1. The Bertz CT molecular complexity index is 511. The minimum Gasteiger partial charge on any atom is -0.298 e. The zero-order chi connectivity index (χ0) is 11.5. The highest BCUT2D eigenvalue weighted by Crippen LogP contribution is 2.14. The molecule has 0 unspecified atom stereocenters. The molecule has 0 spiro atoms. The lowest BCUT2D eigenvalue weighted by molar-refractivity contribution is 0.102. The maximum absolute atomic E-state index is 13.0. The van der Waals surface area contributed by atoms with Crippen molar-refractivity contribution in [1.29, 1.82) is 0 Å². The van der Waals surface area contributed by atoms with E-state index in [2.05, 4.69) is 10.3 Å².